The van der Waals surface area contributed by atoms with Gasteiger partial charge in [0.2, 0.25) is 0 Å². The number of aldehydes is 1. The van der Waals surface area contributed by atoms with E-state index < -0.39 is 0 Å². The zero-order chi connectivity index (χ0) is 20.8. The van der Waals surface area contributed by atoms with Crippen LogP contribution in [0.5, 0.6) is 0 Å². The summed E-state index contributed by atoms with van der Waals surface area (Å²) >= 11 is 0. The third kappa shape index (κ3) is 3.59. The molecule has 29 heavy (non-hydrogen) atoms. The Morgan fingerprint density at radius 2 is 1.76 bits per heavy atom. The Morgan fingerprint density at radius 3 is 2.48 bits per heavy atom. The first-order chi connectivity index (χ1) is 13.8. The highest BCUT2D eigenvalue weighted by Crippen LogP contribution is 2.68. The number of fused-ring (bicyclic) bond motifs is 5. The van der Waals surface area contributed by atoms with Gasteiger partial charge >= 0.3 is 5.97 Å². The van der Waals surface area contributed by atoms with Crippen molar-refractivity contribution in [1.82, 2.24) is 0 Å². The van der Waals surface area contributed by atoms with E-state index in [0.717, 1.165) is 61.6 Å². The molecule has 0 aromatic rings. The predicted octanol–water partition coefficient (Wildman–Crippen LogP) is 6.19. The second-order valence-electron chi connectivity index (χ2n) is 11.6. The van der Waals surface area contributed by atoms with Crippen LogP contribution in [0.4, 0.5) is 0 Å². The number of hydrogen-bond donors (Lipinski definition) is 0. The van der Waals surface area contributed by atoms with E-state index in [2.05, 4.69) is 20.8 Å². The van der Waals surface area contributed by atoms with Crippen molar-refractivity contribution < 1.29 is 14.3 Å². The van der Waals surface area contributed by atoms with Crippen LogP contribution in [0.3, 0.4) is 0 Å². The SMILES string of the molecule is CC(=O)O[C@@H]1CC[C@@]2(C)[C@@H](CC[C@@H]3[C@@H]2CC[C@]2(C)[C@@H]([C@H](C)CCC=O)CC[C@@H]32)C1. The lowest BCUT2D eigenvalue weighted by atomic mass is 9.44. The molecule has 4 aliphatic rings. The molecule has 0 aromatic heterocycles. The van der Waals surface area contributed by atoms with E-state index >= 15 is 0 Å². The topological polar surface area (TPSA) is 43.4 Å². The lowest BCUT2D eigenvalue weighted by Gasteiger charge is -2.61. The van der Waals surface area contributed by atoms with Gasteiger partial charge in [-0.1, -0.05) is 20.8 Å². The van der Waals surface area contributed by atoms with Crippen molar-refractivity contribution in [1.29, 1.82) is 0 Å². The molecular formula is C26H42O3. The van der Waals surface area contributed by atoms with Gasteiger partial charge < -0.3 is 9.53 Å². The number of hydrogen-bond acceptors (Lipinski definition) is 3. The first-order valence-electron chi connectivity index (χ1n) is 12.4. The highest BCUT2D eigenvalue weighted by atomic mass is 16.5. The number of esters is 1. The quantitative estimate of drug-likeness (QED) is 0.406. The summed E-state index contributed by atoms with van der Waals surface area (Å²) in [5.74, 6) is 4.74. The van der Waals surface area contributed by atoms with E-state index in [0.29, 0.717) is 16.7 Å². The maximum atomic E-state index is 11.5. The molecule has 0 aromatic carbocycles. The van der Waals surface area contributed by atoms with Gasteiger partial charge in [0.25, 0.3) is 0 Å². The third-order valence-electron chi connectivity index (χ3n) is 10.5. The Bertz CT molecular complexity index is 629. The Kier molecular flexibility index (Phi) is 5.90. The molecule has 3 nitrogen and oxygen atoms in total. The summed E-state index contributed by atoms with van der Waals surface area (Å²) < 4.78 is 5.62. The largest absolute Gasteiger partial charge is 0.463 e. The van der Waals surface area contributed by atoms with Crippen molar-refractivity contribution in [3.8, 4) is 0 Å². The minimum Gasteiger partial charge on any atom is -0.463 e. The first-order valence-corrected chi connectivity index (χ1v) is 12.4. The Balaban J connectivity index is 1.48. The number of ether oxygens (including phenoxy) is 1. The summed E-state index contributed by atoms with van der Waals surface area (Å²) in [6.07, 6.45) is 14.7. The third-order valence-corrected chi connectivity index (χ3v) is 10.5. The van der Waals surface area contributed by atoms with Crippen LogP contribution in [0, 0.1) is 46.3 Å². The molecule has 0 aliphatic heterocycles. The van der Waals surface area contributed by atoms with Gasteiger partial charge in [-0.15, -0.1) is 0 Å². The Labute approximate surface area is 177 Å². The van der Waals surface area contributed by atoms with E-state index in [4.69, 9.17) is 4.74 Å². The molecule has 4 rings (SSSR count). The second kappa shape index (κ2) is 8.00. The molecule has 0 heterocycles. The monoisotopic (exact) mass is 402 g/mol. The van der Waals surface area contributed by atoms with Crippen LogP contribution in [0.1, 0.15) is 98.3 Å². The zero-order valence-electron chi connectivity index (χ0n) is 19.1. The van der Waals surface area contributed by atoms with Crippen LogP contribution in [0.25, 0.3) is 0 Å². The van der Waals surface area contributed by atoms with Crippen LogP contribution >= 0.6 is 0 Å². The molecule has 0 saturated heterocycles. The van der Waals surface area contributed by atoms with Gasteiger partial charge in [0.15, 0.2) is 0 Å². The Morgan fingerprint density at radius 1 is 1.03 bits per heavy atom. The molecule has 0 N–H and O–H groups in total. The fourth-order valence-electron chi connectivity index (χ4n) is 9.07. The van der Waals surface area contributed by atoms with Crippen LogP contribution < -0.4 is 0 Å². The predicted molar refractivity (Wildman–Crippen MR) is 115 cm³/mol. The minimum absolute atomic E-state index is 0.110. The van der Waals surface area contributed by atoms with E-state index in [1.165, 1.54) is 44.9 Å². The fourth-order valence-corrected chi connectivity index (χ4v) is 9.07. The lowest BCUT2D eigenvalue weighted by Crippen LogP contribution is -2.54. The van der Waals surface area contributed by atoms with Crippen molar-refractivity contribution in [3.05, 3.63) is 0 Å². The maximum absolute atomic E-state index is 11.5. The van der Waals surface area contributed by atoms with Crippen molar-refractivity contribution in [3.63, 3.8) is 0 Å². The number of carbonyl (C=O) groups is 2. The van der Waals surface area contributed by atoms with Gasteiger partial charge in [-0.3, -0.25) is 4.79 Å². The van der Waals surface area contributed by atoms with Gasteiger partial charge in [0.1, 0.15) is 12.4 Å². The Hall–Kier alpha value is -0.860. The summed E-state index contributed by atoms with van der Waals surface area (Å²) in [6.45, 7) is 9.15. The second-order valence-corrected chi connectivity index (χ2v) is 11.6. The summed E-state index contributed by atoms with van der Waals surface area (Å²) in [5.41, 5.74) is 0.934. The summed E-state index contributed by atoms with van der Waals surface area (Å²) in [4.78, 5) is 22.3. The van der Waals surface area contributed by atoms with Crippen molar-refractivity contribution in [2.24, 2.45) is 46.3 Å². The van der Waals surface area contributed by atoms with Gasteiger partial charge in [0.05, 0.1) is 0 Å². The molecule has 4 aliphatic carbocycles. The fraction of sp³-hybridized carbons (Fsp3) is 0.923. The van der Waals surface area contributed by atoms with E-state index in [1.807, 2.05) is 0 Å². The average molecular weight is 403 g/mol. The van der Waals surface area contributed by atoms with Gasteiger partial charge in [-0.25, -0.2) is 0 Å². The van der Waals surface area contributed by atoms with Gasteiger partial charge in [-0.2, -0.15) is 0 Å². The molecule has 4 fully saturated rings. The molecule has 4 saturated carbocycles. The molecule has 0 bridgehead atoms. The van der Waals surface area contributed by atoms with Crippen LogP contribution in [-0.4, -0.2) is 18.4 Å². The van der Waals surface area contributed by atoms with E-state index in [-0.39, 0.29) is 12.1 Å². The number of carbonyl (C=O) groups excluding carboxylic acids is 2. The highest BCUT2D eigenvalue weighted by Gasteiger charge is 2.60. The smallest absolute Gasteiger partial charge is 0.302 e. The molecular weight excluding hydrogens is 360 g/mol. The van der Waals surface area contributed by atoms with E-state index in [1.54, 1.807) is 6.92 Å². The first kappa shape index (κ1) is 21.4. The van der Waals surface area contributed by atoms with Crippen molar-refractivity contribution >= 4 is 12.3 Å². The van der Waals surface area contributed by atoms with Crippen LogP contribution in [-0.2, 0) is 14.3 Å². The summed E-state index contributed by atoms with van der Waals surface area (Å²) in [5, 5.41) is 0. The highest BCUT2D eigenvalue weighted by molar-refractivity contribution is 5.66. The molecule has 0 spiro atoms. The molecule has 0 amide bonds. The molecule has 0 radical (unpaired) electrons. The van der Waals surface area contributed by atoms with Crippen molar-refractivity contribution in [2.45, 2.75) is 104 Å². The molecule has 9 atom stereocenters. The van der Waals surface area contributed by atoms with Gasteiger partial charge in [0, 0.05) is 13.3 Å². The maximum Gasteiger partial charge on any atom is 0.302 e. The van der Waals surface area contributed by atoms with Crippen LogP contribution in [0.15, 0.2) is 0 Å². The molecule has 3 heteroatoms. The standard InChI is InChI=1S/C26H42O3/c1-17(6-5-15-27)22-9-10-23-21-8-7-19-16-20(29-18(2)28)11-13-25(19,3)24(21)12-14-26(22,23)4/h15,17,19-24H,5-14,16H2,1-4H3/t17-,19+,20-,21+,22-,23+,24+,25+,26-/m1/s1. The zero-order valence-corrected chi connectivity index (χ0v) is 19.1. The van der Waals surface area contributed by atoms with Gasteiger partial charge in [-0.05, 0) is 111 Å². The summed E-state index contributed by atoms with van der Waals surface area (Å²) in [6, 6.07) is 0. The molecule has 164 valence electrons. The molecule has 0 unspecified atom stereocenters. The number of rotatable bonds is 5. The van der Waals surface area contributed by atoms with Crippen molar-refractivity contribution in [2.75, 3.05) is 0 Å². The normalized spacial score (nSPS) is 47.4. The van der Waals surface area contributed by atoms with Crippen LogP contribution in [0.2, 0.25) is 0 Å². The lowest BCUT2D eigenvalue weighted by molar-refractivity contribution is -0.160. The van der Waals surface area contributed by atoms with E-state index in [9.17, 15) is 9.59 Å². The summed E-state index contributed by atoms with van der Waals surface area (Å²) in [7, 11) is 0. The average Bonchev–Trinajstić information content (AvgIpc) is 3.03. The minimum atomic E-state index is -0.110.